The second kappa shape index (κ2) is 16.5. The molecule has 2 aliphatic rings. The first kappa shape index (κ1) is 35.0. The van der Waals surface area contributed by atoms with Crippen LogP contribution in [0.25, 0.3) is 0 Å². The summed E-state index contributed by atoms with van der Waals surface area (Å²) in [6.45, 7) is 5.28. The third-order valence-corrected chi connectivity index (χ3v) is 6.55. The van der Waals surface area contributed by atoms with Gasteiger partial charge in [-0.25, -0.2) is 4.79 Å². The van der Waals surface area contributed by atoms with Gasteiger partial charge in [0.15, 0.2) is 12.2 Å². The number of ether oxygens (including phenoxy) is 1. The van der Waals surface area contributed by atoms with Crippen molar-refractivity contribution in [3.63, 3.8) is 0 Å². The summed E-state index contributed by atoms with van der Waals surface area (Å²) in [6.07, 6.45) is 1.86. The minimum atomic E-state index is -1.33. The van der Waals surface area contributed by atoms with Crippen LogP contribution in [-0.4, -0.2) is 70.1 Å². The van der Waals surface area contributed by atoms with E-state index in [9.17, 15) is 24.6 Å². The minimum Gasteiger partial charge on any atom is -1.00 e. The van der Waals surface area contributed by atoms with Crippen molar-refractivity contribution in [2.75, 3.05) is 0 Å². The predicted octanol–water partition coefficient (Wildman–Crippen LogP) is -1.75. The summed E-state index contributed by atoms with van der Waals surface area (Å²) in [6, 6.07) is 18.5. The highest BCUT2D eigenvalue weighted by atomic mass is 35.5. The van der Waals surface area contributed by atoms with Crippen molar-refractivity contribution in [2.24, 2.45) is 0 Å². The number of quaternary nitrogens is 1. The molecular formula is C31H45ClN4O6. The van der Waals surface area contributed by atoms with Crippen LogP contribution in [0.15, 0.2) is 60.7 Å². The zero-order valence-corrected chi connectivity index (χ0v) is 25.3. The topological polar surface area (TPSA) is 165 Å². The highest BCUT2D eigenvalue weighted by molar-refractivity contribution is 5.83. The van der Waals surface area contributed by atoms with Gasteiger partial charge in [-0.15, -0.1) is 0 Å². The van der Waals surface area contributed by atoms with E-state index in [1.165, 1.54) is 0 Å². The molecule has 0 bridgehead atoms. The van der Waals surface area contributed by atoms with Crippen molar-refractivity contribution in [3.8, 4) is 0 Å². The van der Waals surface area contributed by atoms with Crippen LogP contribution in [0.1, 0.15) is 57.6 Å². The van der Waals surface area contributed by atoms with Gasteiger partial charge in [-0.3, -0.25) is 9.59 Å². The molecule has 2 fully saturated rings. The SMILES string of the molecule is CC(C)(C)OC(=O)NC(Cc1ccccc1)C(O)C(=O)NC1CC1.[Cl-].[NH3+]C(Cc1ccccc1)C(O)C(=O)NC1CC1. The lowest BCUT2D eigenvalue weighted by molar-refractivity contribution is -0.432. The van der Waals surface area contributed by atoms with E-state index >= 15 is 0 Å². The predicted molar refractivity (Wildman–Crippen MR) is 154 cm³/mol. The van der Waals surface area contributed by atoms with E-state index < -0.39 is 35.9 Å². The highest BCUT2D eigenvalue weighted by Gasteiger charge is 2.33. The van der Waals surface area contributed by atoms with Gasteiger partial charge in [0.2, 0.25) is 0 Å². The molecule has 2 aliphatic carbocycles. The molecule has 3 amide bonds. The maximum Gasteiger partial charge on any atom is 0.407 e. The Hall–Kier alpha value is -3.18. The fourth-order valence-electron chi connectivity index (χ4n) is 4.02. The van der Waals surface area contributed by atoms with E-state index in [4.69, 9.17) is 4.74 Å². The van der Waals surface area contributed by atoms with Gasteiger partial charge in [-0.05, 0) is 64.0 Å². The minimum absolute atomic E-state index is 0. The number of rotatable bonds is 11. The molecule has 0 aromatic heterocycles. The molecule has 2 aromatic carbocycles. The molecule has 0 saturated heterocycles. The lowest BCUT2D eigenvalue weighted by Gasteiger charge is -2.26. The Morgan fingerprint density at radius 3 is 1.67 bits per heavy atom. The lowest BCUT2D eigenvalue weighted by Crippen LogP contribution is -3.00. The first-order chi connectivity index (χ1) is 19.4. The molecule has 4 atom stereocenters. The number of halogens is 1. The molecule has 0 heterocycles. The second-order valence-corrected chi connectivity index (χ2v) is 11.8. The summed E-state index contributed by atoms with van der Waals surface area (Å²) in [5.41, 5.74) is 5.22. The Bertz CT molecular complexity index is 1120. The van der Waals surface area contributed by atoms with E-state index in [-0.39, 0.29) is 36.4 Å². The van der Waals surface area contributed by atoms with Crippen LogP contribution in [0, 0.1) is 0 Å². The molecule has 10 nitrogen and oxygen atoms in total. The van der Waals surface area contributed by atoms with Crippen LogP contribution in [0.2, 0.25) is 0 Å². The number of alkyl carbamates (subject to hydrolysis) is 1. The summed E-state index contributed by atoms with van der Waals surface area (Å²) >= 11 is 0. The average molecular weight is 605 g/mol. The number of benzene rings is 2. The Kier molecular flexibility index (Phi) is 13.7. The zero-order chi connectivity index (χ0) is 30.0. The van der Waals surface area contributed by atoms with Gasteiger partial charge in [0.1, 0.15) is 11.6 Å². The number of hydrogen-bond donors (Lipinski definition) is 6. The van der Waals surface area contributed by atoms with Crippen LogP contribution >= 0.6 is 0 Å². The second-order valence-electron chi connectivity index (χ2n) is 11.8. The molecule has 0 radical (unpaired) electrons. The van der Waals surface area contributed by atoms with E-state index in [0.717, 1.165) is 36.8 Å². The molecule has 42 heavy (non-hydrogen) atoms. The molecular weight excluding hydrogens is 560 g/mol. The highest BCUT2D eigenvalue weighted by Crippen LogP contribution is 2.20. The van der Waals surface area contributed by atoms with Gasteiger partial charge < -0.3 is 49.0 Å². The fourth-order valence-corrected chi connectivity index (χ4v) is 4.02. The van der Waals surface area contributed by atoms with Gasteiger partial charge in [-0.2, -0.15) is 0 Å². The molecule has 11 heteroatoms. The molecule has 2 saturated carbocycles. The Labute approximate surface area is 254 Å². The van der Waals surface area contributed by atoms with Gasteiger partial charge in [-0.1, -0.05) is 60.7 Å². The summed E-state index contributed by atoms with van der Waals surface area (Å²) < 4.78 is 5.24. The molecule has 8 N–H and O–H groups in total. The Morgan fingerprint density at radius 1 is 0.810 bits per heavy atom. The van der Waals surface area contributed by atoms with Gasteiger partial charge in [0, 0.05) is 18.5 Å². The van der Waals surface area contributed by atoms with Gasteiger partial charge >= 0.3 is 6.09 Å². The molecule has 4 rings (SSSR count). The smallest absolute Gasteiger partial charge is 0.407 e. The Balaban J connectivity index is 0.000000302. The molecule has 232 valence electrons. The number of aliphatic hydroxyl groups excluding tert-OH is 2. The van der Waals surface area contributed by atoms with Gasteiger partial charge in [0.05, 0.1) is 6.04 Å². The largest absolute Gasteiger partial charge is 1.00 e. The van der Waals surface area contributed by atoms with E-state index in [1.807, 2.05) is 60.7 Å². The average Bonchev–Trinajstić information content (AvgIpc) is 3.85. The molecule has 2 aromatic rings. The number of amides is 3. The van der Waals surface area contributed by atoms with Gasteiger partial charge in [0.25, 0.3) is 11.8 Å². The third-order valence-electron chi connectivity index (χ3n) is 6.55. The fraction of sp³-hybridized carbons (Fsp3) is 0.516. The normalized spacial score (nSPS) is 17.1. The van der Waals surface area contributed by atoms with Crippen LogP contribution in [0.4, 0.5) is 4.79 Å². The molecule has 0 aliphatic heterocycles. The lowest BCUT2D eigenvalue weighted by atomic mass is 10.0. The van der Waals surface area contributed by atoms with Crippen LogP contribution < -0.4 is 34.1 Å². The summed E-state index contributed by atoms with van der Waals surface area (Å²) in [7, 11) is 0. The number of aliphatic hydroxyl groups is 2. The van der Waals surface area contributed by atoms with Crippen LogP contribution in [-0.2, 0) is 27.2 Å². The van der Waals surface area contributed by atoms with E-state index in [0.29, 0.717) is 12.8 Å². The van der Waals surface area contributed by atoms with Crippen LogP contribution in [0.5, 0.6) is 0 Å². The van der Waals surface area contributed by atoms with Crippen molar-refractivity contribution >= 4 is 17.9 Å². The number of hydrogen-bond acceptors (Lipinski definition) is 6. The summed E-state index contributed by atoms with van der Waals surface area (Å²) in [5.74, 6) is -0.752. The van der Waals surface area contributed by atoms with Crippen molar-refractivity contribution < 1.29 is 47.5 Å². The quantitative estimate of drug-likeness (QED) is 0.178. The molecule has 4 unspecified atom stereocenters. The Morgan fingerprint density at radius 2 is 1.24 bits per heavy atom. The summed E-state index contributed by atoms with van der Waals surface area (Å²) in [4.78, 5) is 35.8. The first-order valence-corrected chi connectivity index (χ1v) is 14.3. The third kappa shape index (κ3) is 13.2. The summed E-state index contributed by atoms with van der Waals surface area (Å²) in [5, 5.41) is 28.4. The number of carbonyl (C=O) groups is 3. The van der Waals surface area contributed by atoms with E-state index in [2.05, 4.69) is 21.7 Å². The zero-order valence-electron chi connectivity index (χ0n) is 24.6. The van der Waals surface area contributed by atoms with E-state index in [1.54, 1.807) is 20.8 Å². The maximum atomic E-state index is 12.1. The van der Waals surface area contributed by atoms with Crippen molar-refractivity contribution in [1.82, 2.24) is 16.0 Å². The maximum absolute atomic E-state index is 12.1. The van der Waals surface area contributed by atoms with Crippen LogP contribution in [0.3, 0.4) is 0 Å². The number of nitrogens with one attached hydrogen (secondary N) is 3. The first-order valence-electron chi connectivity index (χ1n) is 14.3. The standard InChI is InChI=1S/C18H26N2O4.C13H18N2O2.ClH/c1-18(2,3)24-17(23)20-14(11-12-7-5-4-6-8-12)15(21)16(22)19-13-9-10-13;14-11(8-9-4-2-1-3-5-9)12(16)13(17)15-10-6-7-10;/h4-8,13-15,21H,9-11H2,1-3H3,(H,19,22)(H,20,23);1-5,10-12,16H,6-8,14H2,(H,15,17);1H. The van der Waals surface area contributed by atoms with Crippen molar-refractivity contribution in [1.29, 1.82) is 0 Å². The molecule has 0 spiro atoms. The number of carbonyl (C=O) groups excluding carboxylic acids is 3. The van der Waals surface area contributed by atoms with Crippen molar-refractivity contribution in [3.05, 3.63) is 71.8 Å². The monoisotopic (exact) mass is 604 g/mol. The van der Waals surface area contributed by atoms with Crippen molar-refractivity contribution in [2.45, 2.75) is 101 Å².